The highest BCUT2D eigenvalue weighted by atomic mass is 19.1. The van der Waals surface area contributed by atoms with Gasteiger partial charge in [0.2, 0.25) is 5.91 Å². The molecule has 3 heterocycles. The Labute approximate surface area is 201 Å². The molecule has 1 unspecified atom stereocenters. The predicted molar refractivity (Wildman–Crippen MR) is 133 cm³/mol. The summed E-state index contributed by atoms with van der Waals surface area (Å²) in [5.41, 5.74) is 8.45. The second-order valence-corrected chi connectivity index (χ2v) is 8.63. The number of para-hydroxylation sites is 1. The Morgan fingerprint density at radius 1 is 1.06 bits per heavy atom. The number of nitrogens with zero attached hydrogens (tertiary/aromatic N) is 3. The molecule has 2 amide bonds. The first-order valence-electron chi connectivity index (χ1n) is 11.5. The lowest BCUT2D eigenvalue weighted by molar-refractivity contribution is -0.122. The van der Waals surface area contributed by atoms with Crippen LogP contribution in [0.3, 0.4) is 0 Å². The molecule has 0 aliphatic carbocycles. The van der Waals surface area contributed by atoms with Crippen molar-refractivity contribution in [1.82, 2.24) is 9.97 Å². The maximum absolute atomic E-state index is 13.4. The molecule has 8 heteroatoms. The van der Waals surface area contributed by atoms with Crippen molar-refractivity contribution >= 4 is 34.2 Å². The van der Waals surface area contributed by atoms with E-state index in [0.717, 1.165) is 25.2 Å². The smallest absolute Gasteiger partial charge is 0.256 e. The lowest BCUT2D eigenvalue weighted by Gasteiger charge is -2.32. The summed E-state index contributed by atoms with van der Waals surface area (Å²) < 4.78 is 13.4. The average Bonchev–Trinajstić information content (AvgIpc) is 2.89. The van der Waals surface area contributed by atoms with Crippen molar-refractivity contribution in [3.05, 3.63) is 84.3 Å². The Balaban J connectivity index is 1.39. The second-order valence-electron chi connectivity index (χ2n) is 8.63. The van der Waals surface area contributed by atoms with Gasteiger partial charge in [-0.15, -0.1) is 0 Å². The standard InChI is InChI=1S/C27H24FN5O2/c28-19-9-7-17(8-10-19)24-14-22(21-5-1-2-6-23(21)32-24)27(35)31-20-11-12-25(30-15-20)33-13-3-4-18(16-33)26(29)34/h1-2,5-12,14-15,18H,3-4,13,16H2,(H2,29,34)(H,31,35). The molecular formula is C27H24FN5O2. The van der Waals surface area contributed by atoms with Gasteiger partial charge in [0, 0.05) is 24.0 Å². The molecule has 2 aromatic carbocycles. The van der Waals surface area contributed by atoms with Crippen LogP contribution in [0.4, 0.5) is 15.9 Å². The maximum atomic E-state index is 13.4. The third-order valence-corrected chi connectivity index (χ3v) is 6.25. The number of primary amides is 1. The van der Waals surface area contributed by atoms with Gasteiger partial charge in [0.1, 0.15) is 11.6 Å². The number of benzene rings is 2. The topological polar surface area (TPSA) is 101 Å². The number of rotatable bonds is 5. The van der Waals surface area contributed by atoms with E-state index in [4.69, 9.17) is 5.73 Å². The number of fused-ring (bicyclic) bond motifs is 1. The van der Waals surface area contributed by atoms with Gasteiger partial charge in [-0.3, -0.25) is 9.59 Å². The second kappa shape index (κ2) is 9.50. The van der Waals surface area contributed by atoms with E-state index in [2.05, 4.69) is 15.3 Å². The number of nitrogens with one attached hydrogen (secondary N) is 1. The average molecular weight is 470 g/mol. The Morgan fingerprint density at radius 3 is 2.60 bits per heavy atom. The van der Waals surface area contributed by atoms with Crippen molar-refractivity contribution in [1.29, 1.82) is 0 Å². The summed E-state index contributed by atoms with van der Waals surface area (Å²) in [6.07, 6.45) is 3.27. The molecule has 0 radical (unpaired) electrons. The Bertz CT molecular complexity index is 1390. The molecular weight excluding hydrogens is 445 g/mol. The third kappa shape index (κ3) is 4.82. The van der Waals surface area contributed by atoms with Crippen molar-refractivity contribution in [2.75, 3.05) is 23.3 Å². The molecule has 0 spiro atoms. The molecule has 0 saturated carbocycles. The minimum absolute atomic E-state index is 0.180. The Hall–Kier alpha value is -4.33. The highest BCUT2D eigenvalue weighted by molar-refractivity contribution is 6.13. The van der Waals surface area contributed by atoms with Gasteiger partial charge in [-0.25, -0.2) is 14.4 Å². The maximum Gasteiger partial charge on any atom is 0.256 e. The molecule has 35 heavy (non-hydrogen) atoms. The number of amides is 2. The predicted octanol–water partition coefficient (Wildman–Crippen LogP) is 4.39. The summed E-state index contributed by atoms with van der Waals surface area (Å²) in [6.45, 7) is 1.35. The molecule has 1 aliphatic rings. The number of pyridine rings is 2. The molecule has 7 nitrogen and oxygen atoms in total. The van der Waals surface area contributed by atoms with Crippen LogP contribution in [0.1, 0.15) is 23.2 Å². The minimum Gasteiger partial charge on any atom is -0.369 e. The van der Waals surface area contributed by atoms with Crippen LogP contribution >= 0.6 is 0 Å². The van der Waals surface area contributed by atoms with Gasteiger partial charge in [-0.05, 0) is 61.4 Å². The third-order valence-electron chi connectivity index (χ3n) is 6.25. The lowest BCUT2D eigenvalue weighted by Crippen LogP contribution is -2.41. The number of carbonyl (C=O) groups is 2. The molecule has 1 aliphatic heterocycles. The number of hydrogen-bond acceptors (Lipinski definition) is 5. The normalized spacial score (nSPS) is 15.7. The largest absolute Gasteiger partial charge is 0.369 e. The van der Waals surface area contributed by atoms with E-state index in [9.17, 15) is 14.0 Å². The first-order valence-corrected chi connectivity index (χ1v) is 11.5. The van der Waals surface area contributed by atoms with E-state index in [1.54, 1.807) is 30.5 Å². The van der Waals surface area contributed by atoms with E-state index in [1.807, 2.05) is 35.2 Å². The van der Waals surface area contributed by atoms with Gasteiger partial charge in [-0.1, -0.05) is 18.2 Å². The zero-order chi connectivity index (χ0) is 24.4. The summed E-state index contributed by atoms with van der Waals surface area (Å²) >= 11 is 0. The van der Waals surface area contributed by atoms with E-state index in [1.165, 1.54) is 12.1 Å². The fraction of sp³-hybridized carbons (Fsp3) is 0.185. The van der Waals surface area contributed by atoms with Gasteiger partial charge < -0.3 is 16.0 Å². The molecule has 5 rings (SSSR count). The number of hydrogen-bond donors (Lipinski definition) is 2. The van der Waals surface area contributed by atoms with Gasteiger partial charge >= 0.3 is 0 Å². The minimum atomic E-state index is -0.335. The van der Waals surface area contributed by atoms with Gasteiger partial charge in [0.15, 0.2) is 0 Å². The quantitative estimate of drug-likeness (QED) is 0.451. The zero-order valence-electron chi connectivity index (χ0n) is 18.9. The van der Waals surface area contributed by atoms with Crippen LogP contribution in [0.5, 0.6) is 0 Å². The Morgan fingerprint density at radius 2 is 1.86 bits per heavy atom. The van der Waals surface area contributed by atoms with Crippen LogP contribution in [0.2, 0.25) is 0 Å². The molecule has 176 valence electrons. The van der Waals surface area contributed by atoms with Gasteiger partial charge in [0.25, 0.3) is 5.91 Å². The van der Waals surface area contributed by atoms with E-state index >= 15 is 0 Å². The zero-order valence-corrected chi connectivity index (χ0v) is 18.9. The van der Waals surface area contributed by atoms with Gasteiger partial charge in [0.05, 0.1) is 34.6 Å². The highest BCUT2D eigenvalue weighted by Crippen LogP contribution is 2.27. The van der Waals surface area contributed by atoms with Crippen molar-refractivity contribution in [2.45, 2.75) is 12.8 Å². The molecule has 0 bridgehead atoms. The van der Waals surface area contributed by atoms with Crippen molar-refractivity contribution in [3.63, 3.8) is 0 Å². The van der Waals surface area contributed by atoms with Crippen LogP contribution in [0.15, 0.2) is 72.9 Å². The number of piperidine rings is 1. The van der Waals surface area contributed by atoms with Crippen LogP contribution < -0.4 is 16.0 Å². The van der Waals surface area contributed by atoms with Crippen molar-refractivity contribution in [2.24, 2.45) is 11.7 Å². The highest BCUT2D eigenvalue weighted by Gasteiger charge is 2.24. The number of nitrogens with two attached hydrogens (primary N) is 1. The molecule has 3 N–H and O–H groups in total. The van der Waals surface area contributed by atoms with Gasteiger partial charge in [-0.2, -0.15) is 0 Å². The fourth-order valence-electron chi connectivity index (χ4n) is 4.39. The number of aromatic nitrogens is 2. The van der Waals surface area contributed by atoms with Crippen LogP contribution in [0, 0.1) is 11.7 Å². The molecule has 1 fully saturated rings. The molecule has 1 atom stereocenters. The first-order chi connectivity index (χ1) is 17.0. The van der Waals surface area contributed by atoms with E-state index in [-0.39, 0.29) is 23.5 Å². The van der Waals surface area contributed by atoms with Crippen molar-refractivity contribution in [3.8, 4) is 11.3 Å². The van der Waals surface area contributed by atoms with Crippen LogP contribution in [0.25, 0.3) is 22.2 Å². The van der Waals surface area contributed by atoms with Crippen LogP contribution in [-0.2, 0) is 4.79 Å². The van der Waals surface area contributed by atoms with Crippen LogP contribution in [-0.4, -0.2) is 34.9 Å². The fourth-order valence-corrected chi connectivity index (χ4v) is 4.39. The summed E-state index contributed by atoms with van der Waals surface area (Å²) in [4.78, 5) is 36.0. The molecule has 4 aromatic rings. The molecule has 1 saturated heterocycles. The Kier molecular flexibility index (Phi) is 6.10. The number of anilines is 2. The number of halogens is 1. The summed E-state index contributed by atoms with van der Waals surface area (Å²) in [6, 6.07) is 18.7. The monoisotopic (exact) mass is 469 g/mol. The first kappa shape index (κ1) is 22.5. The van der Waals surface area contributed by atoms with E-state index in [0.29, 0.717) is 40.0 Å². The SMILES string of the molecule is NC(=O)C1CCCN(c2ccc(NC(=O)c3cc(-c4ccc(F)cc4)nc4ccccc34)cn2)C1. The van der Waals surface area contributed by atoms with Crippen molar-refractivity contribution < 1.29 is 14.0 Å². The summed E-state index contributed by atoms with van der Waals surface area (Å²) in [5, 5.41) is 3.63. The lowest BCUT2D eigenvalue weighted by atomic mass is 9.97. The number of carbonyl (C=O) groups excluding carboxylic acids is 2. The summed E-state index contributed by atoms with van der Waals surface area (Å²) in [7, 11) is 0. The summed E-state index contributed by atoms with van der Waals surface area (Å²) in [5.74, 6) is -0.364. The molecule has 2 aromatic heterocycles. The van der Waals surface area contributed by atoms with E-state index < -0.39 is 0 Å².